The quantitative estimate of drug-likeness (QED) is 0.585. The molecule has 1 amide bonds. The molecule has 0 heterocycles. The Labute approximate surface area is 118 Å². The minimum Gasteiger partial charge on any atom is -0.380 e. The first-order chi connectivity index (χ1) is 9.51. The van der Waals surface area contributed by atoms with E-state index < -0.39 is 4.92 Å². The Morgan fingerprint density at radius 3 is 2.70 bits per heavy atom. The molecule has 0 aliphatic carbocycles. The van der Waals surface area contributed by atoms with Gasteiger partial charge in [-0.05, 0) is 19.1 Å². The van der Waals surface area contributed by atoms with Gasteiger partial charge in [0.05, 0.1) is 4.92 Å². The van der Waals surface area contributed by atoms with Crippen molar-refractivity contribution in [1.82, 2.24) is 5.32 Å². The lowest BCUT2D eigenvalue weighted by Crippen LogP contribution is -2.26. The van der Waals surface area contributed by atoms with Crippen LogP contribution < -0.4 is 15.5 Å². The van der Waals surface area contributed by atoms with E-state index in [9.17, 15) is 14.9 Å². The number of carbonyl (C=O) groups is 1. The first-order valence-electron chi connectivity index (χ1n) is 6.44. The molecule has 0 atom stereocenters. The number of hydrogen-bond acceptors (Lipinski definition) is 5. The first-order valence-corrected chi connectivity index (χ1v) is 6.44. The van der Waals surface area contributed by atoms with Gasteiger partial charge < -0.3 is 15.5 Å². The van der Waals surface area contributed by atoms with Crippen LogP contribution in [0.25, 0.3) is 0 Å². The van der Waals surface area contributed by atoms with Crippen molar-refractivity contribution in [3.8, 4) is 0 Å². The summed E-state index contributed by atoms with van der Waals surface area (Å²) in [5.41, 5.74) is 1.02. The van der Waals surface area contributed by atoms with Gasteiger partial charge in [-0.25, -0.2) is 0 Å². The molecule has 1 aromatic rings. The van der Waals surface area contributed by atoms with E-state index in [1.165, 1.54) is 0 Å². The third-order valence-electron chi connectivity index (χ3n) is 2.93. The van der Waals surface area contributed by atoms with Crippen molar-refractivity contribution in [2.24, 2.45) is 0 Å². The molecule has 7 heteroatoms. The summed E-state index contributed by atoms with van der Waals surface area (Å²) in [5, 5.41) is 16.8. The maximum Gasteiger partial charge on any atom is 0.315 e. The molecular formula is C13H20N4O3. The van der Waals surface area contributed by atoms with Gasteiger partial charge in [0.15, 0.2) is 0 Å². The lowest BCUT2D eigenvalue weighted by molar-refractivity contribution is -0.383. The van der Waals surface area contributed by atoms with Crippen LogP contribution in [0.2, 0.25) is 0 Å². The summed E-state index contributed by atoms with van der Waals surface area (Å²) < 4.78 is 0. The van der Waals surface area contributed by atoms with E-state index in [4.69, 9.17) is 0 Å². The number of carbonyl (C=O) groups excluding carboxylic acids is 1. The molecule has 0 aromatic heterocycles. The van der Waals surface area contributed by atoms with E-state index in [1.807, 2.05) is 6.92 Å². The van der Waals surface area contributed by atoms with E-state index in [0.29, 0.717) is 24.5 Å². The number of hydrogen-bond donors (Lipinski definition) is 2. The summed E-state index contributed by atoms with van der Waals surface area (Å²) in [6.07, 6.45) is 0.287. The monoisotopic (exact) mass is 280 g/mol. The van der Waals surface area contributed by atoms with Gasteiger partial charge >= 0.3 is 5.69 Å². The topological polar surface area (TPSA) is 87.5 Å². The molecule has 2 N–H and O–H groups in total. The molecule has 0 unspecified atom stereocenters. The van der Waals surface area contributed by atoms with Crippen molar-refractivity contribution in [2.75, 3.05) is 37.4 Å². The minimum absolute atomic E-state index is 0.0359. The molecular weight excluding hydrogens is 260 g/mol. The molecule has 110 valence electrons. The summed E-state index contributed by atoms with van der Waals surface area (Å²) in [6, 6.07) is 5.12. The van der Waals surface area contributed by atoms with Crippen LogP contribution in [-0.4, -0.2) is 38.0 Å². The van der Waals surface area contributed by atoms with Crippen LogP contribution in [0.3, 0.4) is 0 Å². The number of anilines is 2. The molecule has 0 saturated carbocycles. The highest BCUT2D eigenvalue weighted by Crippen LogP contribution is 2.34. The third-order valence-corrected chi connectivity index (χ3v) is 2.93. The summed E-state index contributed by atoms with van der Waals surface area (Å²) in [5.74, 6) is -0.0951. The van der Waals surface area contributed by atoms with Crippen molar-refractivity contribution < 1.29 is 9.72 Å². The zero-order valence-electron chi connectivity index (χ0n) is 12.0. The SMILES string of the molecule is CCNc1cccc(N(C)CCC(=O)NC)c1[N+](=O)[O-]. The molecule has 1 aromatic carbocycles. The number of para-hydroxylation sites is 1. The van der Waals surface area contributed by atoms with Crippen LogP contribution in [0.1, 0.15) is 13.3 Å². The van der Waals surface area contributed by atoms with Gasteiger partial charge in [0, 0.05) is 33.6 Å². The van der Waals surface area contributed by atoms with E-state index in [2.05, 4.69) is 10.6 Å². The number of nitrogens with one attached hydrogen (secondary N) is 2. The molecule has 7 nitrogen and oxygen atoms in total. The maximum absolute atomic E-state index is 11.3. The highest BCUT2D eigenvalue weighted by Gasteiger charge is 2.22. The summed E-state index contributed by atoms with van der Waals surface area (Å²) >= 11 is 0. The molecule has 0 fully saturated rings. The number of nitrogens with zero attached hydrogens (tertiary/aromatic N) is 2. The standard InChI is InChI=1S/C13H20N4O3/c1-4-15-10-6-5-7-11(13(10)17(19)20)16(3)9-8-12(18)14-2/h5-7,15H,4,8-9H2,1-3H3,(H,14,18). The normalized spacial score (nSPS) is 9.95. The average molecular weight is 280 g/mol. The van der Waals surface area contributed by atoms with E-state index in [0.717, 1.165) is 0 Å². The Morgan fingerprint density at radius 1 is 1.45 bits per heavy atom. The molecule has 0 spiro atoms. The third kappa shape index (κ3) is 3.84. The highest BCUT2D eigenvalue weighted by atomic mass is 16.6. The second kappa shape index (κ2) is 7.32. The van der Waals surface area contributed by atoms with Crippen molar-refractivity contribution in [1.29, 1.82) is 0 Å². The first kappa shape index (κ1) is 15.7. The number of benzene rings is 1. The van der Waals surface area contributed by atoms with Crippen molar-refractivity contribution >= 4 is 23.0 Å². The smallest absolute Gasteiger partial charge is 0.315 e. The second-order valence-corrected chi connectivity index (χ2v) is 4.31. The molecule has 1 rings (SSSR count). The van der Waals surface area contributed by atoms with Gasteiger partial charge in [-0.15, -0.1) is 0 Å². The number of rotatable bonds is 7. The van der Waals surface area contributed by atoms with Crippen LogP contribution in [0.4, 0.5) is 17.1 Å². The zero-order chi connectivity index (χ0) is 15.1. The lowest BCUT2D eigenvalue weighted by atomic mass is 10.2. The number of amides is 1. The molecule has 20 heavy (non-hydrogen) atoms. The Morgan fingerprint density at radius 2 is 2.15 bits per heavy atom. The fourth-order valence-corrected chi connectivity index (χ4v) is 1.88. The fraction of sp³-hybridized carbons (Fsp3) is 0.462. The van der Waals surface area contributed by atoms with E-state index in [1.54, 1.807) is 37.2 Å². The fourth-order valence-electron chi connectivity index (χ4n) is 1.88. The van der Waals surface area contributed by atoms with Crippen LogP contribution in [-0.2, 0) is 4.79 Å². The van der Waals surface area contributed by atoms with Gasteiger partial charge in [-0.2, -0.15) is 0 Å². The zero-order valence-corrected chi connectivity index (χ0v) is 12.0. The minimum atomic E-state index is -0.399. The van der Waals surface area contributed by atoms with E-state index in [-0.39, 0.29) is 18.0 Å². The Kier molecular flexibility index (Phi) is 5.76. The van der Waals surface area contributed by atoms with E-state index >= 15 is 0 Å². The molecule has 0 aliphatic heterocycles. The Hall–Kier alpha value is -2.31. The highest BCUT2D eigenvalue weighted by molar-refractivity contribution is 5.79. The van der Waals surface area contributed by atoms with Gasteiger partial charge in [0.1, 0.15) is 11.4 Å². The van der Waals surface area contributed by atoms with Crippen LogP contribution in [0.5, 0.6) is 0 Å². The largest absolute Gasteiger partial charge is 0.380 e. The van der Waals surface area contributed by atoms with Crippen LogP contribution >= 0.6 is 0 Å². The van der Waals surface area contributed by atoms with Crippen molar-refractivity contribution in [2.45, 2.75) is 13.3 Å². The van der Waals surface area contributed by atoms with Crippen molar-refractivity contribution in [3.63, 3.8) is 0 Å². The summed E-state index contributed by atoms with van der Waals surface area (Å²) in [4.78, 5) is 23.8. The van der Waals surface area contributed by atoms with Gasteiger partial charge in [0.2, 0.25) is 5.91 Å². The molecule has 0 saturated heterocycles. The molecule has 0 bridgehead atoms. The Bertz CT molecular complexity index is 491. The predicted molar refractivity (Wildman–Crippen MR) is 79.2 cm³/mol. The van der Waals surface area contributed by atoms with Crippen molar-refractivity contribution in [3.05, 3.63) is 28.3 Å². The number of nitro groups is 1. The summed E-state index contributed by atoms with van der Waals surface area (Å²) in [7, 11) is 3.30. The molecule has 0 radical (unpaired) electrons. The van der Waals surface area contributed by atoms with Gasteiger partial charge in [0.25, 0.3) is 0 Å². The van der Waals surface area contributed by atoms with Gasteiger partial charge in [-0.3, -0.25) is 14.9 Å². The predicted octanol–water partition coefficient (Wildman–Crippen LogP) is 1.60. The maximum atomic E-state index is 11.3. The van der Waals surface area contributed by atoms with Crippen LogP contribution in [0.15, 0.2) is 18.2 Å². The average Bonchev–Trinajstić information content (AvgIpc) is 2.44. The summed E-state index contributed by atoms with van der Waals surface area (Å²) in [6.45, 7) is 2.90. The van der Waals surface area contributed by atoms with Gasteiger partial charge in [-0.1, -0.05) is 6.07 Å². The van der Waals surface area contributed by atoms with Crippen LogP contribution in [0, 0.1) is 10.1 Å². The Balaban J connectivity index is 3.01. The second-order valence-electron chi connectivity index (χ2n) is 4.31. The lowest BCUT2D eigenvalue weighted by Gasteiger charge is -2.20. The molecule has 0 aliphatic rings. The number of nitro benzene ring substituents is 1.